The Morgan fingerprint density at radius 2 is 1.76 bits per heavy atom. The first-order valence-electron chi connectivity index (χ1n) is 7.44. The van der Waals surface area contributed by atoms with Gasteiger partial charge < -0.3 is 4.74 Å². The lowest BCUT2D eigenvalue weighted by atomic mass is 9.97. The van der Waals surface area contributed by atoms with Crippen molar-refractivity contribution in [1.82, 2.24) is 0 Å². The second-order valence-corrected chi connectivity index (χ2v) is 5.14. The molecule has 0 aliphatic rings. The van der Waals surface area contributed by atoms with Crippen LogP contribution < -0.4 is 4.74 Å². The van der Waals surface area contributed by atoms with Crippen LogP contribution in [0, 0.1) is 18.8 Å². The molecule has 0 N–H and O–H groups in total. The number of benzene rings is 2. The highest BCUT2D eigenvalue weighted by atomic mass is 16.5. The van der Waals surface area contributed by atoms with E-state index in [-0.39, 0.29) is 0 Å². The van der Waals surface area contributed by atoms with Gasteiger partial charge in [0, 0.05) is 5.92 Å². The molecule has 0 saturated carbocycles. The predicted molar refractivity (Wildman–Crippen MR) is 88.4 cm³/mol. The molecule has 0 heterocycles. The second kappa shape index (κ2) is 7.55. The van der Waals surface area contributed by atoms with E-state index in [1.54, 1.807) is 0 Å². The van der Waals surface area contributed by atoms with E-state index in [2.05, 4.69) is 50.0 Å². The molecule has 1 nitrogen and oxygen atoms in total. The molecule has 0 aliphatic heterocycles. The summed E-state index contributed by atoms with van der Waals surface area (Å²) < 4.78 is 5.87. The van der Waals surface area contributed by atoms with E-state index in [4.69, 9.17) is 4.74 Å². The van der Waals surface area contributed by atoms with Crippen molar-refractivity contribution in [1.29, 1.82) is 0 Å². The molecule has 0 aliphatic carbocycles. The van der Waals surface area contributed by atoms with Crippen molar-refractivity contribution in [3.05, 3.63) is 65.2 Å². The zero-order chi connectivity index (χ0) is 15.1. The standard InChI is InChI=1S/C20H22O/c1-4-8-17(5-2)18-11-13-20(14-12-18)21-15-19-10-7-6-9-16(19)3/h6-7,9-14,17H,5,15H2,1-3H3/t17-/m1/s1. The molecule has 2 rings (SSSR count). The van der Waals surface area contributed by atoms with E-state index in [1.165, 1.54) is 16.7 Å². The van der Waals surface area contributed by atoms with E-state index in [1.807, 2.05) is 31.2 Å². The molecule has 108 valence electrons. The molecular weight excluding hydrogens is 256 g/mol. The summed E-state index contributed by atoms with van der Waals surface area (Å²) in [7, 11) is 0. The third-order valence-electron chi connectivity index (χ3n) is 3.66. The Kier molecular flexibility index (Phi) is 5.46. The van der Waals surface area contributed by atoms with E-state index >= 15 is 0 Å². The van der Waals surface area contributed by atoms with Gasteiger partial charge >= 0.3 is 0 Å². The molecule has 1 heteroatoms. The first-order valence-corrected chi connectivity index (χ1v) is 7.44. The summed E-state index contributed by atoms with van der Waals surface area (Å²) in [4.78, 5) is 0. The Hall–Kier alpha value is -2.20. The molecule has 0 saturated heterocycles. The minimum atomic E-state index is 0.320. The topological polar surface area (TPSA) is 9.23 Å². The van der Waals surface area contributed by atoms with E-state index < -0.39 is 0 Å². The van der Waals surface area contributed by atoms with Crippen LogP contribution in [0.15, 0.2) is 48.5 Å². The first kappa shape index (κ1) is 15.2. The van der Waals surface area contributed by atoms with E-state index in [9.17, 15) is 0 Å². The number of hydrogen-bond acceptors (Lipinski definition) is 1. The number of hydrogen-bond donors (Lipinski definition) is 0. The summed E-state index contributed by atoms with van der Waals surface area (Å²) in [5.41, 5.74) is 3.75. The van der Waals surface area contributed by atoms with Crippen molar-refractivity contribution >= 4 is 0 Å². The van der Waals surface area contributed by atoms with Crippen molar-refractivity contribution in [3.63, 3.8) is 0 Å². The summed E-state index contributed by atoms with van der Waals surface area (Å²) in [6.45, 7) is 6.77. The van der Waals surface area contributed by atoms with Gasteiger partial charge in [0.15, 0.2) is 0 Å². The van der Waals surface area contributed by atoms with Crippen LogP contribution in [0.25, 0.3) is 0 Å². The lowest BCUT2D eigenvalue weighted by Crippen LogP contribution is -1.98. The summed E-state index contributed by atoms with van der Waals surface area (Å²) in [5, 5.41) is 0. The predicted octanol–water partition coefficient (Wildman–Crippen LogP) is 5.09. The monoisotopic (exact) mass is 278 g/mol. The quantitative estimate of drug-likeness (QED) is 0.692. The van der Waals surface area contributed by atoms with Gasteiger partial charge in [0.05, 0.1) is 0 Å². The average molecular weight is 278 g/mol. The first-order chi connectivity index (χ1) is 10.2. The Morgan fingerprint density at radius 1 is 1.05 bits per heavy atom. The van der Waals surface area contributed by atoms with Crippen LogP contribution in [0.3, 0.4) is 0 Å². The van der Waals surface area contributed by atoms with Crippen LogP contribution in [-0.4, -0.2) is 0 Å². The Morgan fingerprint density at radius 3 is 2.38 bits per heavy atom. The van der Waals surface area contributed by atoms with Crippen LogP contribution in [0.5, 0.6) is 5.75 Å². The molecule has 1 atom stereocenters. The Labute approximate surface area is 128 Å². The molecule has 2 aromatic rings. The molecule has 0 spiro atoms. The minimum Gasteiger partial charge on any atom is -0.489 e. The molecule has 0 unspecified atom stereocenters. The van der Waals surface area contributed by atoms with E-state index in [0.717, 1.165) is 12.2 Å². The van der Waals surface area contributed by atoms with Gasteiger partial charge in [-0.05, 0) is 49.1 Å². The fraction of sp³-hybridized carbons (Fsp3) is 0.300. The van der Waals surface area contributed by atoms with Crippen molar-refractivity contribution in [2.45, 2.75) is 39.7 Å². The molecule has 0 radical (unpaired) electrons. The van der Waals surface area contributed by atoms with Crippen molar-refractivity contribution in [3.8, 4) is 17.6 Å². The average Bonchev–Trinajstić information content (AvgIpc) is 2.52. The highest BCUT2D eigenvalue weighted by Gasteiger charge is 2.06. The number of rotatable bonds is 5. The van der Waals surface area contributed by atoms with Crippen LogP contribution in [0.4, 0.5) is 0 Å². The van der Waals surface area contributed by atoms with Crippen LogP contribution in [0.2, 0.25) is 0 Å². The van der Waals surface area contributed by atoms with Crippen LogP contribution in [-0.2, 0) is 6.61 Å². The Balaban J connectivity index is 2.02. The van der Waals surface area contributed by atoms with Crippen molar-refractivity contribution in [2.24, 2.45) is 0 Å². The molecule has 21 heavy (non-hydrogen) atoms. The van der Waals surface area contributed by atoms with Crippen LogP contribution in [0.1, 0.15) is 42.9 Å². The molecule has 0 bridgehead atoms. The maximum Gasteiger partial charge on any atom is 0.119 e. The van der Waals surface area contributed by atoms with E-state index in [0.29, 0.717) is 12.5 Å². The normalized spacial score (nSPS) is 11.4. The van der Waals surface area contributed by atoms with Gasteiger partial charge in [0.2, 0.25) is 0 Å². The van der Waals surface area contributed by atoms with Crippen LogP contribution >= 0.6 is 0 Å². The summed E-state index contributed by atoms with van der Waals surface area (Å²) >= 11 is 0. The minimum absolute atomic E-state index is 0.320. The van der Waals surface area contributed by atoms with Gasteiger partial charge in [-0.2, -0.15) is 0 Å². The summed E-state index contributed by atoms with van der Waals surface area (Å²) in [6, 6.07) is 16.6. The zero-order valence-corrected chi connectivity index (χ0v) is 13.0. The van der Waals surface area contributed by atoms with Gasteiger partial charge in [0.1, 0.15) is 12.4 Å². The fourth-order valence-corrected chi connectivity index (χ4v) is 2.32. The molecule has 0 amide bonds. The molecular formula is C20H22O. The second-order valence-electron chi connectivity index (χ2n) is 5.14. The molecule has 0 fully saturated rings. The highest BCUT2D eigenvalue weighted by Crippen LogP contribution is 2.22. The number of aryl methyl sites for hydroxylation is 1. The summed E-state index contributed by atoms with van der Waals surface area (Å²) in [6.07, 6.45) is 1.03. The molecule has 0 aromatic heterocycles. The van der Waals surface area contributed by atoms with Gasteiger partial charge in [-0.25, -0.2) is 0 Å². The van der Waals surface area contributed by atoms with Crippen molar-refractivity contribution < 1.29 is 4.74 Å². The van der Waals surface area contributed by atoms with Gasteiger partial charge in [-0.15, -0.1) is 5.92 Å². The fourth-order valence-electron chi connectivity index (χ4n) is 2.32. The smallest absolute Gasteiger partial charge is 0.119 e. The lowest BCUT2D eigenvalue weighted by molar-refractivity contribution is 0.305. The van der Waals surface area contributed by atoms with Gasteiger partial charge in [-0.3, -0.25) is 0 Å². The zero-order valence-electron chi connectivity index (χ0n) is 13.0. The maximum atomic E-state index is 5.87. The SMILES string of the molecule is CC#C[C@@H](CC)c1ccc(OCc2ccccc2C)cc1. The third-order valence-corrected chi connectivity index (χ3v) is 3.66. The maximum absolute atomic E-state index is 5.87. The molecule has 2 aromatic carbocycles. The summed E-state index contributed by atoms with van der Waals surface area (Å²) in [5.74, 6) is 7.47. The van der Waals surface area contributed by atoms with Gasteiger partial charge in [0.25, 0.3) is 0 Å². The third kappa shape index (κ3) is 4.13. The lowest BCUT2D eigenvalue weighted by Gasteiger charge is -2.11. The highest BCUT2D eigenvalue weighted by molar-refractivity contribution is 5.34. The van der Waals surface area contributed by atoms with Gasteiger partial charge in [-0.1, -0.05) is 49.2 Å². The van der Waals surface area contributed by atoms with Crippen molar-refractivity contribution in [2.75, 3.05) is 0 Å². The number of ether oxygens (including phenoxy) is 1. The Bertz CT molecular complexity index is 629. The largest absolute Gasteiger partial charge is 0.489 e.